The minimum Gasteiger partial charge on any atom is -0.465 e. The summed E-state index contributed by atoms with van der Waals surface area (Å²) in [6.45, 7) is 3.60. The Hall–Kier alpha value is -1.59. The predicted molar refractivity (Wildman–Crippen MR) is 78.9 cm³/mol. The second-order valence-electron chi connectivity index (χ2n) is 4.80. The third-order valence-electron chi connectivity index (χ3n) is 2.92. The minimum atomic E-state index is -0.998. The number of nitrogens with two attached hydrogens (primary N) is 1. The maximum atomic E-state index is 12.2. The molecule has 3 N–H and O–H groups in total. The van der Waals surface area contributed by atoms with Crippen LogP contribution in [0, 0.1) is 0 Å². The normalized spacial score (nSPS) is 13.4. The lowest BCUT2D eigenvalue weighted by atomic mass is 9.96. The van der Waals surface area contributed by atoms with Crippen molar-refractivity contribution in [3.05, 3.63) is 28.8 Å². The largest absolute Gasteiger partial charge is 0.465 e. The van der Waals surface area contributed by atoms with E-state index >= 15 is 0 Å². The highest BCUT2D eigenvalue weighted by molar-refractivity contribution is 6.31. The molecule has 0 radical (unpaired) electrons. The highest BCUT2D eigenvalue weighted by Gasteiger charge is 2.28. The molecule has 1 atom stereocenters. The molecule has 20 heavy (non-hydrogen) atoms. The number of amides is 1. The highest BCUT2D eigenvalue weighted by Crippen LogP contribution is 2.23. The van der Waals surface area contributed by atoms with Gasteiger partial charge < -0.3 is 15.8 Å². The van der Waals surface area contributed by atoms with Gasteiger partial charge in [-0.15, -0.1) is 0 Å². The van der Waals surface area contributed by atoms with Gasteiger partial charge in [0.2, 0.25) is 5.91 Å². The van der Waals surface area contributed by atoms with Crippen LogP contribution in [0.2, 0.25) is 5.02 Å². The molecule has 0 fully saturated rings. The van der Waals surface area contributed by atoms with E-state index in [9.17, 15) is 9.59 Å². The van der Waals surface area contributed by atoms with E-state index < -0.39 is 11.5 Å². The first kappa shape index (κ1) is 16.5. The molecule has 1 amide bonds. The molecule has 0 spiro atoms. The fraction of sp³-hybridized carbons (Fsp3) is 0.429. The smallest absolute Gasteiger partial charge is 0.340 e. The number of rotatable bonds is 5. The van der Waals surface area contributed by atoms with Crippen LogP contribution in [0.4, 0.5) is 5.69 Å². The second kappa shape index (κ2) is 6.72. The Kier molecular flexibility index (Phi) is 5.53. The highest BCUT2D eigenvalue weighted by atomic mass is 35.5. The summed E-state index contributed by atoms with van der Waals surface area (Å²) >= 11 is 5.85. The lowest BCUT2D eigenvalue weighted by Crippen LogP contribution is -2.48. The molecule has 1 aromatic carbocycles. The number of esters is 1. The lowest BCUT2D eigenvalue weighted by molar-refractivity contribution is -0.120. The summed E-state index contributed by atoms with van der Waals surface area (Å²) in [5, 5.41) is 3.04. The molecule has 0 aliphatic heterocycles. The summed E-state index contributed by atoms with van der Waals surface area (Å²) in [5.41, 5.74) is 5.48. The van der Waals surface area contributed by atoms with Gasteiger partial charge in [0, 0.05) is 5.02 Å². The number of carbonyl (C=O) groups excluding carboxylic acids is 2. The summed E-state index contributed by atoms with van der Waals surface area (Å²) < 4.78 is 4.67. The number of hydrogen-bond acceptors (Lipinski definition) is 4. The molecule has 0 bridgehead atoms. The van der Waals surface area contributed by atoms with Gasteiger partial charge in [0.05, 0.1) is 23.9 Å². The van der Waals surface area contributed by atoms with E-state index in [0.717, 1.165) is 6.42 Å². The zero-order valence-corrected chi connectivity index (χ0v) is 12.6. The molecule has 1 aromatic rings. The summed E-state index contributed by atoms with van der Waals surface area (Å²) in [7, 11) is 1.26. The Morgan fingerprint density at radius 2 is 2.10 bits per heavy atom. The van der Waals surface area contributed by atoms with Crippen molar-refractivity contribution in [2.75, 3.05) is 12.4 Å². The second-order valence-corrected chi connectivity index (χ2v) is 5.24. The molecule has 0 aliphatic carbocycles. The molecule has 0 aliphatic rings. The lowest BCUT2D eigenvalue weighted by Gasteiger charge is -2.23. The molecule has 1 unspecified atom stereocenters. The fourth-order valence-electron chi connectivity index (χ4n) is 1.80. The third kappa shape index (κ3) is 3.95. The Bertz CT molecular complexity index is 515. The molecule has 0 heterocycles. The van der Waals surface area contributed by atoms with Gasteiger partial charge in [-0.2, -0.15) is 0 Å². The van der Waals surface area contributed by atoms with Crippen LogP contribution in [0.5, 0.6) is 0 Å². The molecule has 0 saturated carbocycles. The monoisotopic (exact) mass is 298 g/mol. The molecular weight excluding hydrogens is 280 g/mol. The zero-order chi connectivity index (χ0) is 15.3. The average Bonchev–Trinajstić information content (AvgIpc) is 2.39. The molecule has 0 saturated heterocycles. The van der Waals surface area contributed by atoms with Crippen molar-refractivity contribution >= 4 is 29.2 Å². The maximum absolute atomic E-state index is 12.2. The van der Waals surface area contributed by atoms with Crippen LogP contribution in [0.25, 0.3) is 0 Å². The summed E-state index contributed by atoms with van der Waals surface area (Å²) in [5.74, 6) is -0.927. The van der Waals surface area contributed by atoms with Crippen molar-refractivity contribution in [3.8, 4) is 0 Å². The quantitative estimate of drug-likeness (QED) is 0.819. The Labute approximate surface area is 123 Å². The van der Waals surface area contributed by atoms with Crippen LogP contribution in [0.1, 0.15) is 37.0 Å². The standard InChI is InChI=1S/C14H19ClN2O3/c1-4-7-14(2,16)13(19)17-11-6-5-9(15)8-10(11)12(18)20-3/h5-6,8H,4,7,16H2,1-3H3,(H,17,19). The first-order valence-corrected chi connectivity index (χ1v) is 6.67. The predicted octanol–water partition coefficient (Wildman–Crippen LogP) is 2.58. The number of nitrogens with one attached hydrogen (secondary N) is 1. The van der Waals surface area contributed by atoms with Crippen molar-refractivity contribution in [2.45, 2.75) is 32.2 Å². The minimum absolute atomic E-state index is 0.195. The maximum Gasteiger partial charge on any atom is 0.340 e. The van der Waals surface area contributed by atoms with Gasteiger partial charge in [0.15, 0.2) is 0 Å². The van der Waals surface area contributed by atoms with Crippen molar-refractivity contribution in [3.63, 3.8) is 0 Å². The Morgan fingerprint density at radius 3 is 2.65 bits per heavy atom. The van der Waals surface area contributed by atoms with E-state index in [1.807, 2.05) is 6.92 Å². The van der Waals surface area contributed by atoms with Crippen molar-refractivity contribution in [1.29, 1.82) is 0 Å². The topological polar surface area (TPSA) is 81.4 Å². The number of benzene rings is 1. The fourth-order valence-corrected chi connectivity index (χ4v) is 1.97. The van der Waals surface area contributed by atoms with Gasteiger partial charge >= 0.3 is 5.97 Å². The van der Waals surface area contributed by atoms with Crippen LogP contribution in [0.3, 0.4) is 0 Å². The SMILES string of the molecule is CCCC(C)(N)C(=O)Nc1ccc(Cl)cc1C(=O)OC. The van der Waals surface area contributed by atoms with Crippen LogP contribution in [-0.4, -0.2) is 24.5 Å². The first-order chi connectivity index (χ1) is 9.31. The van der Waals surface area contributed by atoms with Gasteiger partial charge in [-0.25, -0.2) is 4.79 Å². The van der Waals surface area contributed by atoms with Gasteiger partial charge in [0.1, 0.15) is 0 Å². The number of methoxy groups -OCH3 is 1. The molecule has 1 rings (SSSR count). The van der Waals surface area contributed by atoms with Crippen LogP contribution < -0.4 is 11.1 Å². The summed E-state index contributed by atoms with van der Waals surface area (Å²) in [6, 6.07) is 4.57. The molecular formula is C14H19ClN2O3. The van der Waals surface area contributed by atoms with Crippen LogP contribution in [0.15, 0.2) is 18.2 Å². The molecule has 5 nitrogen and oxygen atoms in total. The average molecular weight is 299 g/mol. The van der Waals surface area contributed by atoms with E-state index in [1.165, 1.54) is 13.2 Å². The summed E-state index contributed by atoms with van der Waals surface area (Å²) in [6.07, 6.45) is 1.32. The Morgan fingerprint density at radius 1 is 1.45 bits per heavy atom. The zero-order valence-electron chi connectivity index (χ0n) is 11.8. The van der Waals surface area contributed by atoms with E-state index in [2.05, 4.69) is 10.1 Å². The molecule has 110 valence electrons. The summed E-state index contributed by atoms with van der Waals surface area (Å²) in [4.78, 5) is 23.8. The van der Waals surface area contributed by atoms with Crippen molar-refractivity contribution in [2.24, 2.45) is 5.73 Å². The number of anilines is 1. The molecule has 6 heteroatoms. The van der Waals surface area contributed by atoms with Gasteiger partial charge in [-0.3, -0.25) is 4.79 Å². The van der Waals surface area contributed by atoms with E-state index in [4.69, 9.17) is 17.3 Å². The number of hydrogen-bond donors (Lipinski definition) is 2. The third-order valence-corrected chi connectivity index (χ3v) is 3.16. The number of carbonyl (C=O) groups is 2. The van der Waals surface area contributed by atoms with Crippen molar-refractivity contribution in [1.82, 2.24) is 0 Å². The van der Waals surface area contributed by atoms with Crippen molar-refractivity contribution < 1.29 is 14.3 Å². The van der Waals surface area contributed by atoms with Gasteiger partial charge in [0.25, 0.3) is 0 Å². The van der Waals surface area contributed by atoms with E-state index in [-0.39, 0.29) is 11.5 Å². The van der Waals surface area contributed by atoms with Crippen LogP contribution in [-0.2, 0) is 9.53 Å². The van der Waals surface area contributed by atoms with Gasteiger partial charge in [-0.05, 0) is 31.5 Å². The first-order valence-electron chi connectivity index (χ1n) is 6.30. The Balaban J connectivity index is 3.03. The van der Waals surface area contributed by atoms with Crippen LogP contribution >= 0.6 is 11.6 Å². The number of halogens is 1. The van der Waals surface area contributed by atoms with E-state index in [0.29, 0.717) is 17.1 Å². The van der Waals surface area contributed by atoms with Gasteiger partial charge in [-0.1, -0.05) is 24.9 Å². The molecule has 0 aromatic heterocycles. The number of ether oxygens (including phenoxy) is 1. The van der Waals surface area contributed by atoms with E-state index in [1.54, 1.807) is 19.1 Å².